The van der Waals surface area contributed by atoms with Crippen molar-refractivity contribution in [2.24, 2.45) is 5.84 Å². The van der Waals surface area contributed by atoms with Crippen LogP contribution in [0.5, 0.6) is 0 Å². The Kier molecular flexibility index (Phi) is 5.92. The van der Waals surface area contributed by atoms with Crippen LogP contribution in [0, 0.1) is 6.92 Å². The number of rotatable bonds is 7. The number of nitrogens with one attached hydrogen (secondary N) is 1. The minimum atomic E-state index is -0.111. The van der Waals surface area contributed by atoms with Crippen LogP contribution in [0.1, 0.15) is 51.3 Å². The molecule has 0 aliphatic heterocycles. The number of aromatic nitrogens is 1. The number of nitrogen functional groups attached to an aromatic ring is 1. The van der Waals surface area contributed by atoms with E-state index in [2.05, 4.69) is 49.9 Å². The van der Waals surface area contributed by atoms with Crippen molar-refractivity contribution < 1.29 is 0 Å². The fourth-order valence-corrected chi connectivity index (χ4v) is 3.10. The summed E-state index contributed by atoms with van der Waals surface area (Å²) in [6.07, 6.45) is 2.71. The zero-order chi connectivity index (χ0) is 15.3. The lowest BCUT2D eigenvalue weighted by atomic mass is 9.82. The van der Waals surface area contributed by atoms with E-state index in [4.69, 9.17) is 11.6 Å². The van der Waals surface area contributed by atoms with Crippen LogP contribution >= 0.6 is 0 Å². The lowest BCUT2D eigenvalue weighted by Gasteiger charge is -2.46. The molecule has 5 N–H and O–H groups in total. The van der Waals surface area contributed by atoms with Gasteiger partial charge in [0.2, 0.25) is 0 Å². The molecule has 1 rings (SSSR count). The van der Waals surface area contributed by atoms with E-state index in [1.165, 1.54) is 0 Å². The summed E-state index contributed by atoms with van der Waals surface area (Å²) in [4.78, 5) is 6.65. The average molecular weight is 279 g/mol. The Morgan fingerprint density at radius 3 is 2.35 bits per heavy atom. The van der Waals surface area contributed by atoms with Crippen LogP contribution < -0.4 is 17.0 Å². The minimum Gasteiger partial charge on any atom is -0.383 e. The Balaban J connectivity index is 3.35. The van der Waals surface area contributed by atoms with Gasteiger partial charge in [0.1, 0.15) is 5.82 Å². The summed E-state index contributed by atoms with van der Waals surface area (Å²) in [6, 6.07) is 1.93. The number of anilines is 1. The number of nitrogens with two attached hydrogens (primary N) is 2. The van der Waals surface area contributed by atoms with Crippen LogP contribution in [-0.2, 0) is 0 Å². The second-order valence-electron chi connectivity index (χ2n) is 5.41. The standard InChI is InChI=1S/C15H29N5/c1-6-15(5,20(7-2)8-3)13(19-17)12-11(4)9-10-18-14(12)16/h9-10,13,19H,6-8,17H2,1-5H3,(H2,16,18). The molecule has 1 aromatic heterocycles. The minimum absolute atomic E-state index is 0.0545. The number of aryl methyl sites for hydroxylation is 1. The highest BCUT2D eigenvalue weighted by molar-refractivity contribution is 5.47. The summed E-state index contributed by atoms with van der Waals surface area (Å²) in [5, 5.41) is 0. The number of hydrogen-bond donors (Lipinski definition) is 3. The molecule has 0 amide bonds. The Labute approximate surface area is 122 Å². The fraction of sp³-hybridized carbons (Fsp3) is 0.667. The van der Waals surface area contributed by atoms with Gasteiger partial charge in [-0.2, -0.15) is 0 Å². The first-order valence-electron chi connectivity index (χ1n) is 7.38. The highest BCUT2D eigenvalue weighted by atomic mass is 15.3. The van der Waals surface area contributed by atoms with E-state index in [-0.39, 0.29) is 11.6 Å². The van der Waals surface area contributed by atoms with Crippen LogP contribution in [0.3, 0.4) is 0 Å². The molecule has 2 unspecified atom stereocenters. The molecular weight excluding hydrogens is 250 g/mol. The van der Waals surface area contributed by atoms with Crippen molar-refractivity contribution in [2.45, 2.75) is 52.6 Å². The van der Waals surface area contributed by atoms with Gasteiger partial charge < -0.3 is 5.73 Å². The summed E-state index contributed by atoms with van der Waals surface area (Å²) in [5.41, 5.74) is 11.1. The van der Waals surface area contributed by atoms with E-state index in [0.717, 1.165) is 30.6 Å². The lowest BCUT2D eigenvalue weighted by molar-refractivity contribution is 0.0698. The van der Waals surface area contributed by atoms with E-state index in [1.54, 1.807) is 6.20 Å². The summed E-state index contributed by atoms with van der Waals surface area (Å²) in [7, 11) is 0. The van der Waals surface area contributed by atoms with E-state index in [9.17, 15) is 0 Å². The predicted octanol–water partition coefficient (Wildman–Crippen LogP) is 1.99. The molecule has 2 atom stereocenters. The van der Waals surface area contributed by atoms with Gasteiger partial charge in [-0.1, -0.05) is 20.8 Å². The van der Waals surface area contributed by atoms with Crippen molar-refractivity contribution in [3.63, 3.8) is 0 Å². The Morgan fingerprint density at radius 1 is 1.35 bits per heavy atom. The Hall–Kier alpha value is -1.17. The maximum absolute atomic E-state index is 6.11. The quantitative estimate of drug-likeness (QED) is 0.525. The highest BCUT2D eigenvalue weighted by Gasteiger charge is 2.39. The molecule has 0 saturated carbocycles. The van der Waals surface area contributed by atoms with Crippen LogP contribution in [0.15, 0.2) is 12.3 Å². The molecule has 0 spiro atoms. The van der Waals surface area contributed by atoms with E-state index in [0.29, 0.717) is 5.82 Å². The second-order valence-corrected chi connectivity index (χ2v) is 5.41. The normalized spacial score (nSPS) is 16.1. The van der Waals surface area contributed by atoms with E-state index in [1.807, 2.05) is 6.07 Å². The number of pyridine rings is 1. The van der Waals surface area contributed by atoms with Crippen LogP contribution in [0.25, 0.3) is 0 Å². The molecule has 0 aromatic carbocycles. The van der Waals surface area contributed by atoms with Gasteiger partial charge in [0.15, 0.2) is 0 Å². The van der Waals surface area contributed by atoms with Crippen molar-refractivity contribution in [3.05, 3.63) is 23.4 Å². The summed E-state index contributed by atoms with van der Waals surface area (Å²) >= 11 is 0. The topological polar surface area (TPSA) is 80.2 Å². The molecule has 0 fully saturated rings. The largest absolute Gasteiger partial charge is 0.383 e. The van der Waals surface area contributed by atoms with Crippen molar-refractivity contribution in [1.29, 1.82) is 0 Å². The van der Waals surface area contributed by atoms with E-state index < -0.39 is 0 Å². The molecule has 0 bridgehead atoms. The average Bonchev–Trinajstić information content (AvgIpc) is 2.44. The van der Waals surface area contributed by atoms with Crippen LogP contribution in [0.2, 0.25) is 0 Å². The van der Waals surface area contributed by atoms with Crippen LogP contribution in [0.4, 0.5) is 5.82 Å². The molecule has 114 valence electrons. The fourth-order valence-electron chi connectivity index (χ4n) is 3.10. The second kappa shape index (κ2) is 7.02. The van der Waals surface area contributed by atoms with Crippen molar-refractivity contribution in [3.8, 4) is 0 Å². The number of nitrogens with zero attached hydrogens (tertiary/aromatic N) is 2. The highest BCUT2D eigenvalue weighted by Crippen LogP contribution is 2.36. The molecular formula is C15H29N5. The third-order valence-electron chi connectivity index (χ3n) is 4.52. The monoisotopic (exact) mass is 279 g/mol. The van der Waals surface area contributed by atoms with Gasteiger partial charge >= 0.3 is 0 Å². The van der Waals surface area contributed by atoms with E-state index >= 15 is 0 Å². The molecule has 1 aromatic rings. The summed E-state index contributed by atoms with van der Waals surface area (Å²) < 4.78 is 0. The lowest BCUT2D eigenvalue weighted by Crippen LogP contribution is -2.56. The smallest absolute Gasteiger partial charge is 0.128 e. The number of likely N-dealkylation sites (N-methyl/N-ethyl adjacent to an activating group) is 1. The molecule has 0 saturated heterocycles. The zero-order valence-corrected chi connectivity index (χ0v) is 13.4. The SMILES string of the molecule is CCN(CC)C(C)(CC)C(NN)c1c(C)ccnc1N. The van der Waals surface area contributed by atoms with Gasteiger partial charge in [-0.3, -0.25) is 16.2 Å². The maximum Gasteiger partial charge on any atom is 0.128 e. The molecule has 1 heterocycles. The first kappa shape index (κ1) is 16.9. The van der Waals surface area contributed by atoms with Gasteiger partial charge in [0, 0.05) is 17.3 Å². The summed E-state index contributed by atoms with van der Waals surface area (Å²) in [6.45, 7) is 12.8. The Morgan fingerprint density at radius 2 is 1.95 bits per heavy atom. The first-order valence-corrected chi connectivity index (χ1v) is 7.38. The molecule has 0 aliphatic rings. The molecule has 5 nitrogen and oxygen atoms in total. The Bertz CT molecular complexity index is 410. The molecule has 5 heteroatoms. The van der Waals surface area contributed by atoms with Crippen molar-refractivity contribution in [2.75, 3.05) is 18.8 Å². The van der Waals surface area contributed by atoms with Crippen molar-refractivity contribution in [1.82, 2.24) is 15.3 Å². The van der Waals surface area contributed by atoms with Gasteiger partial charge in [0.25, 0.3) is 0 Å². The van der Waals surface area contributed by atoms with Gasteiger partial charge in [0.05, 0.1) is 6.04 Å². The molecule has 20 heavy (non-hydrogen) atoms. The third kappa shape index (κ3) is 2.95. The first-order chi connectivity index (χ1) is 9.46. The predicted molar refractivity (Wildman–Crippen MR) is 85.1 cm³/mol. The third-order valence-corrected chi connectivity index (χ3v) is 4.52. The number of hydrogen-bond acceptors (Lipinski definition) is 5. The molecule has 0 radical (unpaired) electrons. The van der Waals surface area contributed by atoms with Gasteiger partial charge in [-0.05, 0) is 45.0 Å². The zero-order valence-electron chi connectivity index (χ0n) is 13.4. The van der Waals surface area contributed by atoms with Crippen LogP contribution in [-0.4, -0.2) is 28.5 Å². The summed E-state index contributed by atoms with van der Waals surface area (Å²) in [5.74, 6) is 6.45. The van der Waals surface area contributed by atoms with Gasteiger partial charge in [-0.15, -0.1) is 0 Å². The van der Waals surface area contributed by atoms with Crippen molar-refractivity contribution >= 4 is 5.82 Å². The maximum atomic E-state index is 6.11. The molecule has 0 aliphatic carbocycles. The number of hydrazine groups is 1. The van der Waals surface area contributed by atoms with Gasteiger partial charge in [-0.25, -0.2) is 4.98 Å².